The van der Waals surface area contributed by atoms with E-state index < -0.39 is 0 Å². The lowest BCUT2D eigenvalue weighted by atomic mass is 10.1. The van der Waals surface area contributed by atoms with Gasteiger partial charge in [0.1, 0.15) is 12.4 Å². The highest BCUT2D eigenvalue weighted by Gasteiger charge is 2.10. The quantitative estimate of drug-likeness (QED) is 0.635. The van der Waals surface area contributed by atoms with E-state index in [2.05, 4.69) is 40.6 Å². The molecular formula is C23H25ClN2O. The van der Waals surface area contributed by atoms with Crippen LogP contribution in [0.2, 0.25) is 0 Å². The summed E-state index contributed by atoms with van der Waals surface area (Å²) in [5, 5.41) is 3.54. The van der Waals surface area contributed by atoms with Gasteiger partial charge in [-0.2, -0.15) is 0 Å². The first-order valence-corrected chi connectivity index (χ1v) is 9.29. The summed E-state index contributed by atoms with van der Waals surface area (Å²) in [5.74, 6) is 0.893. The molecule has 0 amide bonds. The first-order valence-electron chi connectivity index (χ1n) is 9.29. The summed E-state index contributed by atoms with van der Waals surface area (Å²) in [4.78, 5) is 4.02. The summed E-state index contributed by atoms with van der Waals surface area (Å²) >= 11 is 0. The van der Waals surface area contributed by atoms with Crippen LogP contribution < -0.4 is 10.1 Å². The fourth-order valence-electron chi connectivity index (χ4n) is 3.44. The molecule has 1 aromatic heterocycles. The molecule has 0 saturated heterocycles. The summed E-state index contributed by atoms with van der Waals surface area (Å²) in [6, 6.07) is 19.2. The Morgan fingerprint density at radius 3 is 2.30 bits per heavy atom. The van der Waals surface area contributed by atoms with Gasteiger partial charge in [-0.1, -0.05) is 30.3 Å². The number of halogens is 1. The number of nitrogens with zero attached hydrogens (tertiary/aromatic N) is 1. The lowest BCUT2D eigenvalue weighted by Crippen LogP contribution is -2.12. The van der Waals surface area contributed by atoms with Crippen molar-refractivity contribution in [3.05, 3.63) is 94.8 Å². The lowest BCUT2D eigenvalue weighted by Gasteiger charge is -2.09. The minimum absolute atomic E-state index is 0. The van der Waals surface area contributed by atoms with Crippen molar-refractivity contribution in [1.82, 2.24) is 10.3 Å². The summed E-state index contributed by atoms with van der Waals surface area (Å²) in [6.07, 6.45) is 7.37. The molecule has 4 rings (SSSR count). The Morgan fingerprint density at radius 1 is 0.778 bits per heavy atom. The molecule has 140 valence electrons. The highest BCUT2D eigenvalue weighted by atomic mass is 35.5. The molecule has 0 radical (unpaired) electrons. The van der Waals surface area contributed by atoms with Crippen LogP contribution >= 0.6 is 12.4 Å². The molecule has 2 aromatic carbocycles. The van der Waals surface area contributed by atoms with E-state index in [1.165, 1.54) is 36.0 Å². The molecule has 1 N–H and O–H groups in total. The minimum atomic E-state index is 0. The van der Waals surface area contributed by atoms with E-state index in [-0.39, 0.29) is 12.4 Å². The van der Waals surface area contributed by atoms with E-state index in [4.69, 9.17) is 4.74 Å². The molecule has 27 heavy (non-hydrogen) atoms. The average molecular weight is 381 g/mol. The van der Waals surface area contributed by atoms with E-state index in [0.29, 0.717) is 6.61 Å². The number of hydrogen-bond donors (Lipinski definition) is 1. The van der Waals surface area contributed by atoms with Gasteiger partial charge >= 0.3 is 0 Å². The molecule has 3 aromatic rings. The van der Waals surface area contributed by atoms with Crippen molar-refractivity contribution in [2.45, 2.75) is 39.0 Å². The number of aromatic nitrogens is 1. The topological polar surface area (TPSA) is 34.1 Å². The maximum absolute atomic E-state index is 5.82. The molecule has 3 nitrogen and oxygen atoms in total. The van der Waals surface area contributed by atoms with Crippen molar-refractivity contribution in [3.63, 3.8) is 0 Å². The Kier molecular flexibility index (Phi) is 6.86. The zero-order valence-corrected chi connectivity index (χ0v) is 16.2. The van der Waals surface area contributed by atoms with Gasteiger partial charge in [0.2, 0.25) is 0 Å². The fourth-order valence-corrected chi connectivity index (χ4v) is 3.44. The fraction of sp³-hybridized carbons (Fsp3) is 0.261. The van der Waals surface area contributed by atoms with Gasteiger partial charge in [0.25, 0.3) is 0 Å². The van der Waals surface area contributed by atoms with Crippen LogP contribution in [0, 0.1) is 0 Å². The number of pyridine rings is 1. The molecule has 0 saturated carbocycles. The second kappa shape index (κ2) is 9.54. The number of nitrogens with one attached hydrogen (secondary N) is 1. The molecule has 0 atom stereocenters. The van der Waals surface area contributed by atoms with Gasteiger partial charge in [-0.3, -0.25) is 4.98 Å². The third-order valence-electron chi connectivity index (χ3n) is 4.90. The van der Waals surface area contributed by atoms with E-state index in [1.807, 2.05) is 24.3 Å². The van der Waals surface area contributed by atoms with Gasteiger partial charge in [-0.15, -0.1) is 12.4 Å². The highest BCUT2D eigenvalue weighted by Crippen LogP contribution is 2.22. The Bertz CT molecular complexity index is 850. The van der Waals surface area contributed by atoms with Crippen molar-refractivity contribution >= 4 is 12.4 Å². The SMILES string of the molecule is Cl.c1cc(COc2ccc(CNCc3ccc4c(c3)CCC4)cc2)ccn1. The zero-order chi connectivity index (χ0) is 17.6. The Balaban J connectivity index is 0.00000210. The maximum atomic E-state index is 5.82. The summed E-state index contributed by atoms with van der Waals surface area (Å²) < 4.78 is 5.82. The maximum Gasteiger partial charge on any atom is 0.119 e. The Hall–Kier alpha value is -2.36. The minimum Gasteiger partial charge on any atom is -0.489 e. The van der Waals surface area contributed by atoms with E-state index in [1.54, 1.807) is 18.0 Å². The molecule has 0 fully saturated rings. The molecule has 1 heterocycles. The Labute approximate surface area is 167 Å². The van der Waals surface area contributed by atoms with Crippen molar-refractivity contribution in [1.29, 1.82) is 0 Å². The summed E-state index contributed by atoms with van der Waals surface area (Å²) in [6.45, 7) is 2.34. The summed E-state index contributed by atoms with van der Waals surface area (Å²) in [7, 11) is 0. The first kappa shape index (κ1) is 19.4. The van der Waals surface area contributed by atoms with Crippen molar-refractivity contribution in [2.75, 3.05) is 0 Å². The van der Waals surface area contributed by atoms with Crippen LogP contribution in [0.3, 0.4) is 0 Å². The second-order valence-electron chi connectivity index (χ2n) is 6.85. The average Bonchev–Trinajstić information content (AvgIpc) is 3.16. The summed E-state index contributed by atoms with van der Waals surface area (Å²) in [5.41, 5.74) is 6.85. The van der Waals surface area contributed by atoms with Crippen LogP contribution in [0.25, 0.3) is 0 Å². The van der Waals surface area contributed by atoms with Crippen molar-refractivity contribution in [2.24, 2.45) is 0 Å². The van der Waals surface area contributed by atoms with Gasteiger partial charge in [0, 0.05) is 25.5 Å². The van der Waals surface area contributed by atoms with Crippen LogP contribution in [0.1, 0.15) is 34.2 Å². The molecule has 0 unspecified atom stereocenters. The number of fused-ring (bicyclic) bond motifs is 1. The van der Waals surface area contributed by atoms with Crippen LogP contribution in [0.5, 0.6) is 5.75 Å². The third kappa shape index (κ3) is 5.31. The number of rotatable bonds is 7. The first-order chi connectivity index (χ1) is 12.9. The monoisotopic (exact) mass is 380 g/mol. The smallest absolute Gasteiger partial charge is 0.119 e. The normalized spacial score (nSPS) is 12.3. The second-order valence-corrected chi connectivity index (χ2v) is 6.85. The predicted molar refractivity (Wildman–Crippen MR) is 111 cm³/mol. The molecule has 0 aliphatic heterocycles. The number of aryl methyl sites for hydroxylation is 2. The van der Waals surface area contributed by atoms with E-state index in [0.717, 1.165) is 24.4 Å². The van der Waals surface area contributed by atoms with Crippen LogP contribution in [-0.4, -0.2) is 4.98 Å². The van der Waals surface area contributed by atoms with Crippen molar-refractivity contribution in [3.8, 4) is 5.75 Å². The zero-order valence-electron chi connectivity index (χ0n) is 15.4. The van der Waals surface area contributed by atoms with E-state index >= 15 is 0 Å². The van der Waals surface area contributed by atoms with Crippen molar-refractivity contribution < 1.29 is 4.74 Å². The predicted octanol–water partition coefficient (Wildman–Crippen LogP) is 4.86. The standard InChI is InChI=1S/C23H24N2O.ClH/c1-2-21-7-4-20(14-22(21)3-1)16-25-15-18-5-8-23(9-6-18)26-17-19-10-12-24-13-11-19;/h4-14,25H,1-3,15-17H2;1H. The highest BCUT2D eigenvalue weighted by molar-refractivity contribution is 5.85. The van der Waals surface area contributed by atoms with Gasteiger partial charge in [-0.05, 0) is 71.3 Å². The third-order valence-corrected chi connectivity index (χ3v) is 4.90. The van der Waals surface area contributed by atoms with Gasteiger partial charge in [-0.25, -0.2) is 0 Å². The van der Waals surface area contributed by atoms with Crippen LogP contribution in [0.4, 0.5) is 0 Å². The van der Waals surface area contributed by atoms with Gasteiger partial charge in [0.15, 0.2) is 0 Å². The van der Waals surface area contributed by atoms with E-state index in [9.17, 15) is 0 Å². The lowest BCUT2D eigenvalue weighted by molar-refractivity contribution is 0.306. The number of hydrogen-bond acceptors (Lipinski definition) is 3. The molecule has 1 aliphatic carbocycles. The molecule has 0 spiro atoms. The Morgan fingerprint density at radius 2 is 1.48 bits per heavy atom. The van der Waals surface area contributed by atoms with Crippen LogP contribution in [-0.2, 0) is 32.5 Å². The number of benzene rings is 2. The number of ether oxygens (including phenoxy) is 1. The van der Waals surface area contributed by atoms with Gasteiger partial charge in [0.05, 0.1) is 0 Å². The van der Waals surface area contributed by atoms with Gasteiger partial charge < -0.3 is 10.1 Å². The largest absolute Gasteiger partial charge is 0.489 e. The molecule has 4 heteroatoms. The van der Waals surface area contributed by atoms with Crippen LogP contribution in [0.15, 0.2) is 67.0 Å². The molecular weight excluding hydrogens is 356 g/mol. The molecule has 0 bridgehead atoms. The molecule has 1 aliphatic rings.